The van der Waals surface area contributed by atoms with Crippen molar-refractivity contribution in [3.05, 3.63) is 66.2 Å². The SMILES string of the molecule is COc1cc(C)c(-c2c(N)cccc2-c2ccccc2)c(O)c1. The third-order valence-electron chi connectivity index (χ3n) is 3.96. The number of aryl methyl sites for hydroxylation is 1. The van der Waals surface area contributed by atoms with E-state index in [1.807, 2.05) is 61.5 Å². The number of hydrogen-bond donors (Lipinski definition) is 2. The summed E-state index contributed by atoms with van der Waals surface area (Å²) in [6.07, 6.45) is 0. The van der Waals surface area contributed by atoms with Crippen molar-refractivity contribution in [3.63, 3.8) is 0 Å². The molecule has 3 N–H and O–H groups in total. The van der Waals surface area contributed by atoms with Gasteiger partial charge in [-0.3, -0.25) is 0 Å². The van der Waals surface area contributed by atoms with Crippen molar-refractivity contribution in [2.75, 3.05) is 12.8 Å². The third-order valence-corrected chi connectivity index (χ3v) is 3.96. The van der Waals surface area contributed by atoms with Crippen molar-refractivity contribution in [2.24, 2.45) is 0 Å². The average Bonchev–Trinajstić information content (AvgIpc) is 2.56. The van der Waals surface area contributed by atoms with Gasteiger partial charge in [-0.15, -0.1) is 0 Å². The maximum Gasteiger partial charge on any atom is 0.127 e. The highest BCUT2D eigenvalue weighted by molar-refractivity contribution is 5.94. The van der Waals surface area contributed by atoms with Gasteiger partial charge < -0.3 is 15.6 Å². The maximum atomic E-state index is 10.5. The Bertz CT molecular complexity index is 819. The van der Waals surface area contributed by atoms with E-state index in [0.29, 0.717) is 11.4 Å². The first kappa shape index (κ1) is 15.0. The lowest BCUT2D eigenvalue weighted by atomic mass is 9.90. The molecule has 0 saturated carbocycles. The number of ether oxygens (including phenoxy) is 1. The highest BCUT2D eigenvalue weighted by Crippen LogP contribution is 2.43. The second kappa shape index (κ2) is 6.05. The molecule has 0 spiro atoms. The van der Waals surface area contributed by atoms with Crippen LogP contribution in [0.3, 0.4) is 0 Å². The van der Waals surface area contributed by atoms with E-state index in [2.05, 4.69) is 0 Å². The molecule has 23 heavy (non-hydrogen) atoms. The fourth-order valence-electron chi connectivity index (χ4n) is 2.89. The Morgan fingerprint density at radius 2 is 1.65 bits per heavy atom. The molecule has 3 nitrogen and oxygen atoms in total. The van der Waals surface area contributed by atoms with Crippen molar-refractivity contribution in [1.82, 2.24) is 0 Å². The Labute approximate surface area is 136 Å². The highest BCUT2D eigenvalue weighted by Gasteiger charge is 2.17. The van der Waals surface area contributed by atoms with Crippen molar-refractivity contribution < 1.29 is 9.84 Å². The summed E-state index contributed by atoms with van der Waals surface area (Å²) >= 11 is 0. The molecule has 0 unspecified atom stereocenters. The largest absolute Gasteiger partial charge is 0.507 e. The van der Waals surface area contributed by atoms with E-state index in [-0.39, 0.29) is 5.75 Å². The minimum absolute atomic E-state index is 0.164. The molecule has 0 saturated heterocycles. The zero-order valence-corrected chi connectivity index (χ0v) is 13.2. The standard InChI is InChI=1S/C20H19NO2/c1-13-11-15(23-2)12-18(22)19(13)20-16(9-6-10-17(20)21)14-7-4-3-5-8-14/h3-12,22H,21H2,1-2H3. The van der Waals surface area contributed by atoms with Crippen LogP contribution < -0.4 is 10.5 Å². The molecule has 3 aromatic rings. The fourth-order valence-corrected chi connectivity index (χ4v) is 2.89. The van der Waals surface area contributed by atoms with Gasteiger partial charge in [-0.1, -0.05) is 42.5 Å². The lowest BCUT2D eigenvalue weighted by Crippen LogP contribution is -1.96. The molecule has 0 heterocycles. The molecule has 0 bridgehead atoms. The van der Waals surface area contributed by atoms with Crippen LogP contribution in [-0.2, 0) is 0 Å². The summed E-state index contributed by atoms with van der Waals surface area (Å²) in [6.45, 7) is 1.94. The molecular formula is C20H19NO2. The van der Waals surface area contributed by atoms with Crippen molar-refractivity contribution in [3.8, 4) is 33.8 Å². The molecule has 3 aromatic carbocycles. The van der Waals surface area contributed by atoms with Gasteiger partial charge in [0.1, 0.15) is 11.5 Å². The van der Waals surface area contributed by atoms with Crippen LogP contribution in [0.1, 0.15) is 5.56 Å². The third kappa shape index (κ3) is 2.73. The van der Waals surface area contributed by atoms with Crippen molar-refractivity contribution >= 4 is 5.69 Å². The molecule has 0 aromatic heterocycles. The van der Waals surface area contributed by atoms with E-state index in [9.17, 15) is 5.11 Å². The Balaban J connectivity index is 2.30. The fraction of sp³-hybridized carbons (Fsp3) is 0.100. The van der Waals surface area contributed by atoms with Gasteiger partial charge in [-0.25, -0.2) is 0 Å². The summed E-state index contributed by atoms with van der Waals surface area (Å²) in [4.78, 5) is 0. The van der Waals surface area contributed by atoms with Crippen LogP contribution in [0, 0.1) is 6.92 Å². The molecular weight excluding hydrogens is 286 g/mol. The monoisotopic (exact) mass is 305 g/mol. The number of rotatable bonds is 3. The van der Waals surface area contributed by atoms with E-state index in [1.54, 1.807) is 13.2 Å². The number of benzene rings is 3. The number of phenols is 1. The molecule has 3 rings (SSSR count). The van der Waals surface area contributed by atoms with Gasteiger partial charge in [-0.2, -0.15) is 0 Å². The lowest BCUT2D eigenvalue weighted by molar-refractivity contribution is 0.407. The minimum atomic E-state index is 0.164. The summed E-state index contributed by atoms with van der Waals surface area (Å²) in [7, 11) is 1.58. The molecule has 116 valence electrons. The average molecular weight is 305 g/mol. The molecule has 0 fully saturated rings. The van der Waals surface area contributed by atoms with Crippen LogP contribution >= 0.6 is 0 Å². The first-order valence-corrected chi connectivity index (χ1v) is 7.43. The first-order valence-electron chi connectivity index (χ1n) is 7.43. The van der Waals surface area contributed by atoms with Gasteiger partial charge >= 0.3 is 0 Å². The zero-order chi connectivity index (χ0) is 16.4. The molecule has 0 aliphatic rings. The van der Waals surface area contributed by atoms with E-state index in [4.69, 9.17) is 10.5 Å². The van der Waals surface area contributed by atoms with Gasteiger partial charge in [0, 0.05) is 22.9 Å². The Morgan fingerprint density at radius 3 is 2.30 bits per heavy atom. The normalized spacial score (nSPS) is 10.5. The van der Waals surface area contributed by atoms with Crippen molar-refractivity contribution in [1.29, 1.82) is 0 Å². The number of phenolic OH excluding ortho intramolecular Hbond substituents is 1. The second-order valence-electron chi connectivity index (χ2n) is 5.47. The second-order valence-corrected chi connectivity index (χ2v) is 5.47. The van der Waals surface area contributed by atoms with Gasteiger partial charge in [0.25, 0.3) is 0 Å². The van der Waals surface area contributed by atoms with E-state index < -0.39 is 0 Å². The minimum Gasteiger partial charge on any atom is -0.507 e. The predicted molar refractivity (Wildman–Crippen MR) is 94.7 cm³/mol. The van der Waals surface area contributed by atoms with Crippen molar-refractivity contribution in [2.45, 2.75) is 6.92 Å². The highest BCUT2D eigenvalue weighted by atomic mass is 16.5. The molecule has 0 amide bonds. The van der Waals surface area contributed by atoms with E-state index in [1.165, 1.54) is 0 Å². The topological polar surface area (TPSA) is 55.5 Å². The smallest absolute Gasteiger partial charge is 0.127 e. The van der Waals surface area contributed by atoms with E-state index >= 15 is 0 Å². The van der Waals surface area contributed by atoms with Crippen LogP contribution in [0.15, 0.2) is 60.7 Å². The van der Waals surface area contributed by atoms with Crippen LogP contribution in [0.2, 0.25) is 0 Å². The lowest BCUT2D eigenvalue weighted by Gasteiger charge is -2.17. The molecule has 0 atom stereocenters. The molecule has 0 radical (unpaired) electrons. The Morgan fingerprint density at radius 1 is 0.913 bits per heavy atom. The number of nitrogens with two attached hydrogens (primary N) is 1. The number of methoxy groups -OCH3 is 1. The van der Waals surface area contributed by atoms with E-state index in [0.717, 1.165) is 27.8 Å². The van der Waals surface area contributed by atoms with Crippen LogP contribution in [0.25, 0.3) is 22.3 Å². The van der Waals surface area contributed by atoms with Gasteiger partial charge in [-0.05, 0) is 35.7 Å². The summed E-state index contributed by atoms with van der Waals surface area (Å²) in [5, 5.41) is 10.5. The number of nitrogen functional groups attached to an aromatic ring is 1. The quantitative estimate of drug-likeness (QED) is 0.694. The predicted octanol–water partition coefficient (Wildman–Crippen LogP) is 4.63. The van der Waals surface area contributed by atoms with Crippen LogP contribution in [-0.4, -0.2) is 12.2 Å². The van der Waals surface area contributed by atoms with Crippen LogP contribution in [0.5, 0.6) is 11.5 Å². The molecule has 0 aliphatic carbocycles. The summed E-state index contributed by atoms with van der Waals surface area (Å²) < 4.78 is 5.22. The summed E-state index contributed by atoms with van der Waals surface area (Å²) in [6, 6.07) is 19.3. The summed E-state index contributed by atoms with van der Waals surface area (Å²) in [5.74, 6) is 0.788. The summed E-state index contributed by atoms with van der Waals surface area (Å²) in [5.41, 5.74) is 11.4. The zero-order valence-electron chi connectivity index (χ0n) is 13.2. The van der Waals surface area contributed by atoms with Gasteiger partial charge in [0.15, 0.2) is 0 Å². The maximum absolute atomic E-state index is 10.5. The number of anilines is 1. The number of hydrogen-bond acceptors (Lipinski definition) is 3. The van der Waals surface area contributed by atoms with Crippen LogP contribution in [0.4, 0.5) is 5.69 Å². The first-order chi connectivity index (χ1) is 11.1. The Kier molecular flexibility index (Phi) is 3.94. The van der Waals surface area contributed by atoms with Gasteiger partial charge in [0.05, 0.1) is 7.11 Å². The molecule has 0 aliphatic heterocycles. The number of aromatic hydroxyl groups is 1. The van der Waals surface area contributed by atoms with Gasteiger partial charge in [0.2, 0.25) is 0 Å². The Hall–Kier alpha value is -2.94. The molecule has 3 heteroatoms.